The number of nitrogens with zero attached hydrogens (tertiary/aromatic N) is 1. The van der Waals surface area contributed by atoms with Gasteiger partial charge >= 0.3 is 0 Å². The fourth-order valence-electron chi connectivity index (χ4n) is 1.47. The molecule has 100 valence electrons. The lowest BCUT2D eigenvalue weighted by Crippen LogP contribution is -2.26. The number of benzene rings is 1. The van der Waals surface area contributed by atoms with E-state index in [1.165, 1.54) is 12.1 Å². The Morgan fingerprint density at radius 2 is 2.17 bits per heavy atom. The van der Waals surface area contributed by atoms with Gasteiger partial charge in [-0.1, -0.05) is 0 Å². The fraction of sp³-hybridized carbons (Fsp3) is 0.455. The van der Waals surface area contributed by atoms with Crippen molar-refractivity contribution in [1.29, 1.82) is 0 Å². The molecule has 0 aliphatic heterocycles. The number of nitrogens with one attached hydrogen (secondary N) is 1. The molecule has 1 aromatic rings. The van der Waals surface area contributed by atoms with Gasteiger partial charge in [-0.15, -0.1) is 0 Å². The molecule has 0 amide bonds. The van der Waals surface area contributed by atoms with Crippen LogP contribution in [-0.4, -0.2) is 38.4 Å². The van der Waals surface area contributed by atoms with Crippen LogP contribution < -0.4 is 11.1 Å². The lowest BCUT2D eigenvalue weighted by molar-refractivity contribution is -0.384. The van der Waals surface area contributed by atoms with Gasteiger partial charge in [0, 0.05) is 44.3 Å². The minimum absolute atomic E-state index is 0.0433. The molecular weight excluding hydrogens is 238 g/mol. The molecule has 1 rings (SSSR count). The van der Waals surface area contributed by atoms with Gasteiger partial charge in [0.25, 0.3) is 5.69 Å². The zero-order chi connectivity index (χ0) is 13.5. The van der Waals surface area contributed by atoms with Crippen LogP contribution >= 0.6 is 0 Å². The Morgan fingerprint density at radius 3 is 2.72 bits per heavy atom. The molecule has 0 radical (unpaired) electrons. The summed E-state index contributed by atoms with van der Waals surface area (Å²) in [7, 11) is 3.16. The first-order valence-electron chi connectivity index (χ1n) is 5.37. The summed E-state index contributed by atoms with van der Waals surface area (Å²) in [6, 6.07) is 4.37. The minimum Gasteiger partial charge on any atom is -0.398 e. The Hall–Kier alpha value is -1.86. The van der Waals surface area contributed by atoms with E-state index in [-0.39, 0.29) is 11.8 Å². The normalized spacial score (nSPS) is 12.1. The zero-order valence-electron chi connectivity index (χ0n) is 10.4. The summed E-state index contributed by atoms with van der Waals surface area (Å²) in [5.74, 6) is 0. The molecule has 0 spiro atoms. The number of nitrogen functional groups attached to an aromatic ring is 1. The van der Waals surface area contributed by atoms with Crippen LogP contribution in [0.2, 0.25) is 0 Å². The van der Waals surface area contributed by atoms with Gasteiger partial charge in [-0.3, -0.25) is 10.1 Å². The van der Waals surface area contributed by atoms with Crippen LogP contribution in [-0.2, 0) is 9.47 Å². The van der Waals surface area contributed by atoms with Crippen molar-refractivity contribution >= 4 is 17.1 Å². The van der Waals surface area contributed by atoms with Crippen LogP contribution in [0.1, 0.15) is 0 Å². The largest absolute Gasteiger partial charge is 0.398 e. The van der Waals surface area contributed by atoms with Gasteiger partial charge in [-0.05, 0) is 6.07 Å². The summed E-state index contributed by atoms with van der Waals surface area (Å²) in [6.07, 6.45) is -0.129. The predicted octanol–water partition coefficient (Wildman–Crippen LogP) is 1.25. The number of nitro benzene ring substituents is 1. The molecule has 18 heavy (non-hydrogen) atoms. The van der Waals surface area contributed by atoms with Gasteiger partial charge in [0.2, 0.25) is 0 Å². The summed E-state index contributed by atoms with van der Waals surface area (Å²) in [5.41, 5.74) is 6.47. The molecule has 0 bridgehead atoms. The maximum Gasteiger partial charge on any atom is 0.273 e. The van der Waals surface area contributed by atoms with Crippen molar-refractivity contribution in [1.82, 2.24) is 0 Å². The number of nitro groups is 1. The molecule has 1 atom stereocenters. The van der Waals surface area contributed by atoms with Crippen molar-refractivity contribution in [3.05, 3.63) is 28.3 Å². The lowest BCUT2D eigenvalue weighted by Gasteiger charge is -2.15. The van der Waals surface area contributed by atoms with Gasteiger partial charge in [-0.2, -0.15) is 0 Å². The summed E-state index contributed by atoms with van der Waals surface area (Å²) >= 11 is 0. The average Bonchev–Trinajstić information content (AvgIpc) is 2.33. The molecule has 0 saturated heterocycles. The van der Waals surface area contributed by atoms with E-state index in [4.69, 9.17) is 15.2 Å². The second kappa shape index (κ2) is 6.77. The van der Waals surface area contributed by atoms with E-state index in [9.17, 15) is 10.1 Å². The highest BCUT2D eigenvalue weighted by Gasteiger charge is 2.10. The number of anilines is 2. The van der Waals surface area contributed by atoms with E-state index < -0.39 is 4.92 Å². The average molecular weight is 255 g/mol. The van der Waals surface area contributed by atoms with Crippen LogP contribution in [0, 0.1) is 10.1 Å². The predicted molar refractivity (Wildman–Crippen MR) is 68.7 cm³/mol. The minimum atomic E-state index is -0.482. The van der Waals surface area contributed by atoms with E-state index in [1.54, 1.807) is 20.3 Å². The Labute approximate surface area is 105 Å². The van der Waals surface area contributed by atoms with Crippen LogP contribution in [0.25, 0.3) is 0 Å². The molecule has 7 nitrogen and oxygen atoms in total. The highest BCUT2D eigenvalue weighted by Crippen LogP contribution is 2.22. The summed E-state index contributed by atoms with van der Waals surface area (Å²) in [4.78, 5) is 10.2. The molecular formula is C11H17N3O4. The fourth-order valence-corrected chi connectivity index (χ4v) is 1.47. The summed E-state index contributed by atoms with van der Waals surface area (Å²) in [5, 5.41) is 13.7. The van der Waals surface area contributed by atoms with Crippen molar-refractivity contribution in [2.75, 3.05) is 38.4 Å². The molecule has 0 aliphatic rings. The number of methoxy groups -OCH3 is 2. The van der Waals surface area contributed by atoms with Gasteiger partial charge in [-0.25, -0.2) is 0 Å². The highest BCUT2D eigenvalue weighted by molar-refractivity contribution is 5.61. The second-order valence-electron chi connectivity index (χ2n) is 3.76. The Bertz CT molecular complexity index is 411. The van der Waals surface area contributed by atoms with Gasteiger partial charge in [0.15, 0.2) is 0 Å². The van der Waals surface area contributed by atoms with E-state index >= 15 is 0 Å². The molecule has 0 aromatic heterocycles. The summed E-state index contributed by atoms with van der Waals surface area (Å²) < 4.78 is 10.1. The quantitative estimate of drug-likeness (QED) is 0.432. The third-order valence-corrected chi connectivity index (χ3v) is 2.37. The van der Waals surface area contributed by atoms with Crippen molar-refractivity contribution in [2.45, 2.75) is 6.10 Å². The van der Waals surface area contributed by atoms with Crippen LogP contribution in [0.3, 0.4) is 0 Å². The second-order valence-corrected chi connectivity index (χ2v) is 3.76. The molecule has 1 aromatic carbocycles. The van der Waals surface area contributed by atoms with Crippen molar-refractivity contribution in [3.8, 4) is 0 Å². The molecule has 7 heteroatoms. The lowest BCUT2D eigenvalue weighted by atomic mass is 10.2. The van der Waals surface area contributed by atoms with Crippen molar-refractivity contribution in [3.63, 3.8) is 0 Å². The number of hydrogen-bond donors (Lipinski definition) is 2. The van der Waals surface area contributed by atoms with Gasteiger partial charge in [0.05, 0.1) is 17.6 Å². The number of rotatable bonds is 7. The van der Waals surface area contributed by atoms with Gasteiger partial charge < -0.3 is 20.5 Å². The molecule has 0 fully saturated rings. The Balaban J connectivity index is 2.69. The Kier molecular flexibility index (Phi) is 5.34. The van der Waals surface area contributed by atoms with E-state index in [1.807, 2.05) is 0 Å². The maximum atomic E-state index is 10.7. The molecule has 1 unspecified atom stereocenters. The van der Waals surface area contributed by atoms with E-state index in [0.29, 0.717) is 24.5 Å². The number of non-ortho nitro benzene ring substituents is 1. The first kappa shape index (κ1) is 14.2. The van der Waals surface area contributed by atoms with Crippen LogP contribution in [0.5, 0.6) is 0 Å². The number of hydrogen-bond acceptors (Lipinski definition) is 6. The highest BCUT2D eigenvalue weighted by atomic mass is 16.6. The first-order valence-corrected chi connectivity index (χ1v) is 5.37. The van der Waals surface area contributed by atoms with Crippen molar-refractivity contribution in [2.24, 2.45) is 0 Å². The molecule has 0 aliphatic carbocycles. The standard InChI is InChI=1S/C11H17N3O4/c1-17-7-11(18-2)6-13-9-3-8(12)4-10(5-9)14(15)16/h3-5,11,13H,6-7,12H2,1-2H3. The Morgan fingerprint density at radius 1 is 1.44 bits per heavy atom. The third kappa shape index (κ3) is 4.19. The SMILES string of the molecule is COCC(CNc1cc(N)cc([N+](=O)[O-])c1)OC. The third-order valence-electron chi connectivity index (χ3n) is 2.37. The number of ether oxygens (including phenoxy) is 2. The number of nitrogens with two attached hydrogens (primary N) is 1. The van der Waals surface area contributed by atoms with Crippen LogP contribution in [0.4, 0.5) is 17.1 Å². The molecule has 3 N–H and O–H groups in total. The van der Waals surface area contributed by atoms with Gasteiger partial charge in [0.1, 0.15) is 0 Å². The first-order chi connectivity index (χ1) is 8.56. The topological polar surface area (TPSA) is 99.7 Å². The van der Waals surface area contributed by atoms with E-state index in [2.05, 4.69) is 5.32 Å². The maximum absolute atomic E-state index is 10.7. The monoisotopic (exact) mass is 255 g/mol. The zero-order valence-corrected chi connectivity index (χ0v) is 10.4. The van der Waals surface area contributed by atoms with E-state index in [0.717, 1.165) is 0 Å². The smallest absolute Gasteiger partial charge is 0.273 e. The van der Waals surface area contributed by atoms with Crippen molar-refractivity contribution < 1.29 is 14.4 Å². The van der Waals surface area contributed by atoms with Crippen LogP contribution in [0.15, 0.2) is 18.2 Å². The summed E-state index contributed by atoms with van der Waals surface area (Å²) in [6.45, 7) is 0.916. The molecule has 0 heterocycles. The molecule has 0 saturated carbocycles.